The van der Waals surface area contributed by atoms with Crippen LogP contribution in [0.4, 0.5) is 5.69 Å². The van der Waals surface area contributed by atoms with Crippen LogP contribution in [0.2, 0.25) is 0 Å². The SMILES string of the molecule is Oc1ccc(Oc2cncc(N3CCC4(CC5CCN4CC5)C3)c2)cc1. The first-order valence-electron chi connectivity index (χ1n) is 9.62. The van der Waals surface area contributed by atoms with Crippen LogP contribution >= 0.6 is 0 Å². The average Bonchev–Trinajstić information content (AvgIpc) is 3.08. The fraction of sp³-hybridized carbons (Fsp3) is 0.476. The number of pyridine rings is 1. The quantitative estimate of drug-likeness (QED) is 0.915. The molecule has 1 spiro atoms. The molecule has 1 atom stereocenters. The molecule has 0 amide bonds. The maximum atomic E-state index is 9.40. The highest BCUT2D eigenvalue weighted by atomic mass is 16.5. The minimum Gasteiger partial charge on any atom is -0.508 e. The van der Waals surface area contributed by atoms with Gasteiger partial charge in [0.1, 0.15) is 17.2 Å². The van der Waals surface area contributed by atoms with E-state index in [2.05, 4.69) is 20.9 Å². The molecule has 4 aliphatic heterocycles. The third-order valence-electron chi connectivity index (χ3n) is 6.42. The van der Waals surface area contributed by atoms with E-state index in [1.54, 1.807) is 30.5 Å². The summed E-state index contributed by atoms with van der Waals surface area (Å²) < 4.78 is 5.91. The van der Waals surface area contributed by atoms with Gasteiger partial charge in [-0.25, -0.2) is 0 Å². The van der Waals surface area contributed by atoms with Crippen LogP contribution in [0.1, 0.15) is 25.7 Å². The van der Waals surface area contributed by atoms with Crippen LogP contribution < -0.4 is 9.64 Å². The maximum absolute atomic E-state index is 9.40. The van der Waals surface area contributed by atoms with Gasteiger partial charge < -0.3 is 14.7 Å². The number of aromatic nitrogens is 1. The summed E-state index contributed by atoms with van der Waals surface area (Å²) >= 11 is 0. The van der Waals surface area contributed by atoms with E-state index < -0.39 is 0 Å². The molecule has 5 heterocycles. The molecule has 0 aliphatic carbocycles. The Morgan fingerprint density at radius 1 is 1.04 bits per heavy atom. The van der Waals surface area contributed by atoms with Gasteiger partial charge >= 0.3 is 0 Å². The minimum absolute atomic E-state index is 0.239. The molecule has 1 unspecified atom stereocenters. The molecule has 0 saturated carbocycles. The predicted octanol–water partition coefficient (Wildman–Crippen LogP) is 3.64. The van der Waals surface area contributed by atoms with Crippen molar-refractivity contribution in [1.82, 2.24) is 9.88 Å². The molecule has 4 aliphatic rings. The molecule has 5 heteroatoms. The summed E-state index contributed by atoms with van der Waals surface area (Å²) in [4.78, 5) is 9.61. The Balaban J connectivity index is 1.32. The van der Waals surface area contributed by atoms with Gasteiger partial charge in [-0.1, -0.05) is 0 Å². The zero-order valence-corrected chi connectivity index (χ0v) is 15.0. The summed E-state index contributed by atoms with van der Waals surface area (Å²) in [6.07, 6.45) is 9.08. The lowest BCUT2D eigenvalue weighted by atomic mass is 9.74. The van der Waals surface area contributed by atoms with Gasteiger partial charge in [-0.05, 0) is 69.0 Å². The van der Waals surface area contributed by atoms with Crippen molar-refractivity contribution in [1.29, 1.82) is 0 Å². The van der Waals surface area contributed by atoms with Crippen LogP contribution in [0, 0.1) is 5.92 Å². The summed E-state index contributed by atoms with van der Waals surface area (Å²) in [5.74, 6) is 2.61. The van der Waals surface area contributed by atoms with Gasteiger partial charge in [0.05, 0.1) is 18.1 Å². The Morgan fingerprint density at radius 2 is 1.85 bits per heavy atom. The zero-order valence-electron chi connectivity index (χ0n) is 15.0. The van der Waals surface area contributed by atoms with Crippen molar-refractivity contribution in [3.05, 3.63) is 42.7 Å². The summed E-state index contributed by atoms with van der Waals surface area (Å²) in [6.45, 7) is 4.75. The summed E-state index contributed by atoms with van der Waals surface area (Å²) in [6, 6.07) is 8.86. The summed E-state index contributed by atoms with van der Waals surface area (Å²) in [5.41, 5.74) is 1.52. The zero-order chi connectivity index (χ0) is 17.6. The second-order valence-corrected chi connectivity index (χ2v) is 8.01. The Kier molecular flexibility index (Phi) is 3.78. The van der Waals surface area contributed by atoms with E-state index in [0.29, 0.717) is 11.3 Å². The fourth-order valence-corrected chi connectivity index (χ4v) is 5.07. The first-order valence-corrected chi connectivity index (χ1v) is 9.62. The van der Waals surface area contributed by atoms with Gasteiger partial charge in [-0.15, -0.1) is 0 Å². The number of aromatic hydroxyl groups is 1. The number of phenolic OH excluding ortho intramolecular Hbond substituents is 1. The lowest BCUT2D eigenvalue weighted by Gasteiger charge is -2.52. The Hall–Kier alpha value is -2.27. The highest BCUT2D eigenvalue weighted by Gasteiger charge is 2.49. The Morgan fingerprint density at radius 3 is 2.58 bits per heavy atom. The first-order chi connectivity index (χ1) is 12.7. The van der Waals surface area contributed by atoms with Gasteiger partial charge in [0.25, 0.3) is 0 Å². The van der Waals surface area contributed by atoms with E-state index >= 15 is 0 Å². The number of hydrogen-bond donors (Lipinski definition) is 1. The number of rotatable bonds is 3. The number of piperidine rings is 3. The average molecular weight is 351 g/mol. The van der Waals surface area contributed by atoms with Crippen LogP contribution in [0.15, 0.2) is 42.7 Å². The lowest BCUT2D eigenvalue weighted by molar-refractivity contribution is -0.0157. The van der Waals surface area contributed by atoms with Crippen LogP contribution in [0.25, 0.3) is 0 Å². The number of phenols is 1. The highest BCUT2D eigenvalue weighted by Crippen LogP contribution is 2.45. The van der Waals surface area contributed by atoms with Gasteiger partial charge in [0.15, 0.2) is 0 Å². The lowest BCUT2D eigenvalue weighted by Crippen LogP contribution is -2.59. The number of nitrogens with zero attached hydrogens (tertiary/aromatic N) is 3. The van der Waals surface area contributed by atoms with Crippen molar-refractivity contribution in [2.75, 3.05) is 31.1 Å². The molecule has 1 aromatic carbocycles. The summed E-state index contributed by atoms with van der Waals surface area (Å²) in [7, 11) is 0. The van der Waals surface area contributed by atoms with Gasteiger partial charge in [0.2, 0.25) is 0 Å². The molecule has 1 N–H and O–H groups in total. The molecule has 1 aromatic heterocycles. The van der Waals surface area contributed by atoms with Crippen LogP contribution in [0.5, 0.6) is 17.2 Å². The molecule has 0 radical (unpaired) electrons. The van der Waals surface area contributed by atoms with Crippen molar-refractivity contribution in [3.63, 3.8) is 0 Å². The Labute approximate surface area is 154 Å². The second-order valence-electron chi connectivity index (χ2n) is 8.01. The maximum Gasteiger partial charge on any atom is 0.147 e. The number of fused-ring (bicyclic) bond motifs is 2. The number of hydrogen-bond acceptors (Lipinski definition) is 5. The molecule has 2 bridgehead atoms. The molecular weight excluding hydrogens is 326 g/mol. The van der Waals surface area contributed by atoms with Gasteiger partial charge in [-0.2, -0.15) is 0 Å². The van der Waals surface area contributed by atoms with Gasteiger partial charge in [0, 0.05) is 24.7 Å². The van der Waals surface area contributed by atoms with E-state index in [4.69, 9.17) is 4.74 Å². The van der Waals surface area contributed by atoms with E-state index in [9.17, 15) is 5.11 Å². The Bertz CT molecular complexity index is 786. The largest absolute Gasteiger partial charge is 0.508 e. The number of benzene rings is 1. The molecule has 136 valence electrons. The van der Waals surface area contributed by atoms with Crippen LogP contribution in [-0.2, 0) is 0 Å². The van der Waals surface area contributed by atoms with Crippen molar-refractivity contribution >= 4 is 5.69 Å². The summed E-state index contributed by atoms with van der Waals surface area (Å²) in [5, 5.41) is 9.40. The van der Waals surface area contributed by atoms with E-state index in [1.165, 1.54) is 38.8 Å². The highest BCUT2D eigenvalue weighted by molar-refractivity contribution is 5.51. The van der Waals surface area contributed by atoms with E-state index in [1.807, 2.05) is 6.20 Å². The van der Waals surface area contributed by atoms with E-state index in [-0.39, 0.29) is 5.75 Å². The molecule has 5 nitrogen and oxygen atoms in total. The topological polar surface area (TPSA) is 48.8 Å². The predicted molar refractivity (Wildman–Crippen MR) is 101 cm³/mol. The minimum atomic E-state index is 0.239. The van der Waals surface area contributed by atoms with Crippen LogP contribution in [0.3, 0.4) is 0 Å². The fourth-order valence-electron chi connectivity index (χ4n) is 5.07. The van der Waals surface area contributed by atoms with Crippen molar-refractivity contribution in [2.45, 2.75) is 31.2 Å². The third-order valence-corrected chi connectivity index (χ3v) is 6.42. The third kappa shape index (κ3) is 2.80. The second kappa shape index (κ2) is 6.16. The molecule has 2 aromatic rings. The van der Waals surface area contributed by atoms with Crippen molar-refractivity contribution < 1.29 is 9.84 Å². The monoisotopic (exact) mass is 351 g/mol. The molecule has 4 fully saturated rings. The number of anilines is 1. The van der Waals surface area contributed by atoms with Crippen molar-refractivity contribution in [3.8, 4) is 17.2 Å². The smallest absolute Gasteiger partial charge is 0.147 e. The number of ether oxygens (including phenoxy) is 1. The molecule has 4 saturated heterocycles. The first kappa shape index (κ1) is 15.9. The van der Waals surface area contributed by atoms with Gasteiger partial charge in [-0.3, -0.25) is 9.88 Å². The van der Waals surface area contributed by atoms with Crippen LogP contribution in [-0.4, -0.2) is 46.7 Å². The normalized spacial score (nSPS) is 30.1. The van der Waals surface area contributed by atoms with Crippen molar-refractivity contribution in [2.24, 2.45) is 5.92 Å². The molecular formula is C21H25N3O2. The standard InChI is InChI=1S/C21H25N3O2/c25-18-1-3-19(4-2-18)26-20-11-17(13-22-14-20)23-10-7-21(15-23)12-16-5-8-24(21)9-6-16/h1-4,11,13-14,16,25H,5-10,12,15H2. The molecule has 6 rings (SSSR count). The van der Waals surface area contributed by atoms with E-state index in [0.717, 1.165) is 30.4 Å². The molecule has 26 heavy (non-hydrogen) atoms.